The van der Waals surface area contributed by atoms with E-state index in [9.17, 15) is 4.79 Å². The molecule has 2 aromatic rings. The summed E-state index contributed by atoms with van der Waals surface area (Å²) in [5.41, 5.74) is 1.88. The van der Waals surface area contributed by atoms with Crippen molar-refractivity contribution in [3.63, 3.8) is 0 Å². The zero-order chi connectivity index (χ0) is 12.1. The molecule has 0 bridgehead atoms. The van der Waals surface area contributed by atoms with Gasteiger partial charge in [-0.2, -0.15) is 5.21 Å². The van der Waals surface area contributed by atoms with Crippen molar-refractivity contribution in [1.82, 2.24) is 25.9 Å². The summed E-state index contributed by atoms with van der Waals surface area (Å²) in [7, 11) is 0. The number of aromatic nitrogens is 4. The molecular formula is C10H12N6O. The average Bonchev–Trinajstić information content (AvgIpc) is 2.83. The molecule has 88 valence electrons. The first-order valence-corrected chi connectivity index (χ1v) is 5.08. The van der Waals surface area contributed by atoms with Gasteiger partial charge in [-0.15, -0.1) is 10.2 Å². The minimum Gasteiger partial charge on any atom is -0.330 e. The van der Waals surface area contributed by atoms with Crippen LogP contribution in [0.3, 0.4) is 0 Å². The lowest BCUT2D eigenvalue weighted by molar-refractivity contribution is 0.251. The Kier molecular flexibility index (Phi) is 3.29. The number of nitrogens with one attached hydrogen (secondary N) is 3. The monoisotopic (exact) mass is 232 g/mol. The summed E-state index contributed by atoms with van der Waals surface area (Å²) in [6, 6.07) is 7.22. The smallest absolute Gasteiger partial charge is 0.319 e. The highest BCUT2D eigenvalue weighted by Gasteiger charge is 2.03. The van der Waals surface area contributed by atoms with Crippen molar-refractivity contribution in [2.45, 2.75) is 13.5 Å². The van der Waals surface area contributed by atoms with Crippen LogP contribution in [0.1, 0.15) is 11.4 Å². The van der Waals surface area contributed by atoms with E-state index in [-0.39, 0.29) is 12.6 Å². The van der Waals surface area contributed by atoms with Crippen LogP contribution in [0.5, 0.6) is 0 Å². The minimum atomic E-state index is -0.307. The molecule has 1 heterocycles. The molecule has 2 amide bonds. The van der Waals surface area contributed by atoms with Crippen LogP contribution >= 0.6 is 0 Å². The molecule has 0 aliphatic carbocycles. The van der Waals surface area contributed by atoms with Crippen molar-refractivity contribution in [1.29, 1.82) is 0 Å². The normalized spacial score (nSPS) is 9.94. The number of hydrogen-bond acceptors (Lipinski definition) is 4. The number of amides is 2. The minimum absolute atomic E-state index is 0.230. The van der Waals surface area contributed by atoms with Gasteiger partial charge < -0.3 is 10.6 Å². The first kappa shape index (κ1) is 11.1. The lowest BCUT2D eigenvalue weighted by Gasteiger charge is -2.05. The number of H-pyrrole nitrogens is 1. The van der Waals surface area contributed by atoms with Crippen LogP contribution in [-0.2, 0) is 6.54 Å². The summed E-state index contributed by atoms with van der Waals surface area (Å²) < 4.78 is 0. The predicted octanol–water partition coefficient (Wildman–Crippen LogP) is 0.830. The van der Waals surface area contributed by atoms with Crippen molar-refractivity contribution < 1.29 is 4.79 Å². The Morgan fingerprint density at radius 3 is 2.76 bits per heavy atom. The summed E-state index contributed by atoms with van der Waals surface area (Å²) >= 11 is 0. The van der Waals surface area contributed by atoms with Gasteiger partial charge in [0.05, 0.1) is 6.54 Å². The van der Waals surface area contributed by atoms with Crippen LogP contribution in [0.4, 0.5) is 10.5 Å². The zero-order valence-electron chi connectivity index (χ0n) is 9.27. The van der Waals surface area contributed by atoms with Crippen LogP contribution in [0.25, 0.3) is 0 Å². The SMILES string of the molecule is Cc1ccc(NC(=O)NCc2nn[nH]n2)cc1. The number of hydrogen-bond donors (Lipinski definition) is 3. The fraction of sp³-hybridized carbons (Fsp3) is 0.200. The van der Waals surface area contributed by atoms with Crippen LogP contribution in [0.2, 0.25) is 0 Å². The van der Waals surface area contributed by atoms with E-state index in [1.165, 1.54) is 0 Å². The van der Waals surface area contributed by atoms with E-state index in [0.29, 0.717) is 5.82 Å². The second-order valence-corrected chi connectivity index (χ2v) is 3.50. The molecule has 0 aliphatic heterocycles. The Morgan fingerprint density at radius 2 is 2.12 bits per heavy atom. The number of carbonyl (C=O) groups is 1. The van der Waals surface area contributed by atoms with Gasteiger partial charge >= 0.3 is 6.03 Å². The molecule has 0 aliphatic rings. The molecule has 0 atom stereocenters. The molecular weight excluding hydrogens is 220 g/mol. The van der Waals surface area contributed by atoms with E-state index in [2.05, 4.69) is 31.3 Å². The summed E-state index contributed by atoms with van der Waals surface area (Å²) in [6.45, 7) is 2.22. The number of rotatable bonds is 3. The number of tetrazole rings is 1. The highest BCUT2D eigenvalue weighted by atomic mass is 16.2. The fourth-order valence-corrected chi connectivity index (χ4v) is 1.23. The van der Waals surface area contributed by atoms with Crippen LogP contribution in [-0.4, -0.2) is 26.7 Å². The third kappa shape index (κ3) is 3.26. The molecule has 0 fully saturated rings. The topological polar surface area (TPSA) is 95.6 Å². The molecule has 7 nitrogen and oxygen atoms in total. The van der Waals surface area contributed by atoms with Gasteiger partial charge in [0.2, 0.25) is 0 Å². The van der Waals surface area contributed by atoms with Crippen molar-refractivity contribution >= 4 is 11.7 Å². The number of carbonyl (C=O) groups excluding carboxylic acids is 1. The number of nitrogens with zero attached hydrogens (tertiary/aromatic N) is 3. The van der Waals surface area contributed by atoms with E-state index < -0.39 is 0 Å². The van der Waals surface area contributed by atoms with E-state index in [1.54, 1.807) is 0 Å². The molecule has 1 aromatic carbocycles. The molecule has 2 rings (SSSR count). The van der Waals surface area contributed by atoms with Gasteiger partial charge in [0, 0.05) is 5.69 Å². The lowest BCUT2D eigenvalue weighted by atomic mass is 10.2. The maximum absolute atomic E-state index is 11.5. The van der Waals surface area contributed by atoms with Gasteiger partial charge in [-0.1, -0.05) is 22.9 Å². The molecule has 0 saturated heterocycles. The standard InChI is InChI=1S/C10H12N6O/c1-7-2-4-8(5-3-7)12-10(17)11-6-9-13-15-16-14-9/h2-5H,6H2,1H3,(H2,11,12,17)(H,13,14,15,16). The van der Waals surface area contributed by atoms with Crippen LogP contribution in [0.15, 0.2) is 24.3 Å². The molecule has 0 radical (unpaired) electrons. The zero-order valence-corrected chi connectivity index (χ0v) is 9.27. The molecule has 7 heteroatoms. The Hall–Kier alpha value is -2.44. The molecule has 0 spiro atoms. The number of urea groups is 1. The van der Waals surface area contributed by atoms with Gasteiger partial charge in [0.1, 0.15) is 0 Å². The summed E-state index contributed by atoms with van der Waals surface area (Å²) in [5, 5.41) is 18.4. The van der Waals surface area contributed by atoms with Crippen molar-refractivity contribution in [3.05, 3.63) is 35.7 Å². The molecule has 17 heavy (non-hydrogen) atoms. The van der Waals surface area contributed by atoms with Crippen molar-refractivity contribution in [2.24, 2.45) is 0 Å². The van der Waals surface area contributed by atoms with E-state index in [0.717, 1.165) is 11.3 Å². The van der Waals surface area contributed by atoms with E-state index in [4.69, 9.17) is 0 Å². The Morgan fingerprint density at radius 1 is 1.35 bits per heavy atom. The summed E-state index contributed by atoms with van der Waals surface area (Å²) in [4.78, 5) is 11.5. The first-order chi connectivity index (χ1) is 8.24. The highest BCUT2D eigenvalue weighted by Crippen LogP contribution is 2.07. The van der Waals surface area contributed by atoms with Gasteiger partial charge in [-0.05, 0) is 19.1 Å². The third-order valence-corrected chi connectivity index (χ3v) is 2.11. The second-order valence-electron chi connectivity index (χ2n) is 3.50. The van der Waals surface area contributed by atoms with Crippen LogP contribution in [0, 0.1) is 6.92 Å². The molecule has 0 saturated carbocycles. The fourth-order valence-electron chi connectivity index (χ4n) is 1.23. The van der Waals surface area contributed by atoms with Crippen molar-refractivity contribution in [2.75, 3.05) is 5.32 Å². The van der Waals surface area contributed by atoms with Gasteiger partial charge in [0.25, 0.3) is 0 Å². The highest BCUT2D eigenvalue weighted by molar-refractivity contribution is 5.89. The number of anilines is 1. The molecule has 3 N–H and O–H groups in total. The van der Waals surface area contributed by atoms with Gasteiger partial charge in [-0.3, -0.25) is 0 Å². The Labute approximate surface area is 97.6 Å². The lowest BCUT2D eigenvalue weighted by Crippen LogP contribution is -2.28. The quantitative estimate of drug-likeness (QED) is 0.730. The van der Waals surface area contributed by atoms with Gasteiger partial charge in [-0.25, -0.2) is 4.79 Å². The molecule has 0 unspecified atom stereocenters. The largest absolute Gasteiger partial charge is 0.330 e. The number of benzene rings is 1. The number of aryl methyl sites for hydroxylation is 1. The van der Waals surface area contributed by atoms with E-state index >= 15 is 0 Å². The summed E-state index contributed by atoms with van der Waals surface area (Å²) in [5.74, 6) is 0.434. The average molecular weight is 232 g/mol. The van der Waals surface area contributed by atoms with Crippen LogP contribution < -0.4 is 10.6 Å². The Balaban J connectivity index is 1.83. The second kappa shape index (κ2) is 5.06. The number of aromatic amines is 1. The van der Waals surface area contributed by atoms with Crippen molar-refractivity contribution in [3.8, 4) is 0 Å². The van der Waals surface area contributed by atoms with E-state index in [1.807, 2.05) is 31.2 Å². The van der Waals surface area contributed by atoms with Gasteiger partial charge in [0.15, 0.2) is 5.82 Å². The maximum atomic E-state index is 11.5. The Bertz CT molecular complexity index is 478. The summed E-state index contributed by atoms with van der Waals surface area (Å²) in [6.07, 6.45) is 0. The first-order valence-electron chi connectivity index (χ1n) is 5.08. The molecule has 1 aromatic heterocycles. The maximum Gasteiger partial charge on any atom is 0.319 e. The predicted molar refractivity (Wildman–Crippen MR) is 61.2 cm³/mol. The third-order valence-electron chi connectivity index (χ3n) is 2.11.